The van der Waals surface area contributed by atoms with Gasteiger partial charge in [0.15, 0.2) is 0 Å². The summed E-state index contributed by atoms with van der Waals surface area (Å²) in [5.41, 5.74) is -1.45. The highest BCUT2D eigenvalue weighted by molar-refractivity contribution is 6.06. The van der Waals surface area contributed by atoms with Gasteiger partial charge in [0, 0.05) is 24.9 Å². The standard InChI is InChI=1S/C16H16N2O6/c1-9(19)18-16(14(20)21,15(22)23)7-10-5-11-6-12(24-2)3-4-13(11)17-8-10/h3-6,8H,7H2,1-2H3,(H,18,19)(H,20,21)(H,22,23). The van der Waals surface area contributed by atoms with Crippen LogP contribution in [0.1, 0.15) is 12.5 Å². The first kappa shape index (κ1) is 17.2. The summed E-state index contributed by atoms with van der Waals surface area (Å²) in [5, 5.41) is 21.4. The Kier molecular flexibility index (Phi) is 4.68. The fraction of sp³-hybridized carbons (Fsp3) is 0.250. The van der Waals surface area contributed by atoms with E-state index < -0.39 is 29.8 Å². The van der Waals surface area contributed by atoms with Crippen LogP contribution in [0.25, 0.3) is 10.9 Å². The van der Waals surface area contributed by atoms with Gasteiger partial charge in [0.1, 0.15) is 5.75 Å². The van der Waals surface area contributed by atoms with E-state index in [0.717, 1.165) is 6.92 Å². The lowest BCUT2D eigenvalue weighted by atomic mass is 9.90. The molecule has 2 aromatic rings. The molecular weight excluding hydrogens is 316 g/mol. The first-order valence-electron chi connectivity index (χ1n) is 6.96. The molecule has 0 unspecified atom stereocenters. The number of hydrogen-bond acceptors (Lipinski definition) is 5. The molecule has 0 aliphatic carbocycles. The summed E-state index contributed by atoms with van der Waals surface area (Å²) in [6.07, 6.45) is 0.939. The van der Waals surface area contributed by atoms with E-state index in [1.54, 1.807) is 24.3 Å². The molecule has 0 fully saturated rings. The fourth-order valence-corrected chi connectivity index (χ4v) is 2.38. The smallest absolute Gasteiger partial charge is 0.341 e. The maximum Gasteiger partial charge on any atom is 0.341 e. The van der Waals surface area contributed by atoms with Crippen molar-refractivity contribution in [3.05, 3.63) is 36.0 Å². The van der Waals surface area contributed by atoms with Crippen LogP contribution in [0.5, 0.6) is 5.75 Å². The van der Waals surface area contributed by atoms with Crippen LogP contribution in [0.3, 0.4) is 0 Å². The SMILES string of the molecule is COc1ccc2ncc(CC(NC(C)=O)(C(=O)O)C(=O)O)cc2c1. The number of fused-ring (bicyclic) bond motifs is 1. The lowest BCUT2D eigenvalue weighted by Gasteiger charge is -2.25. The van der Waals surface area contributed by atoms with Crippen molar-refractivity contribution in [2.45, 2.75) is 18.9 Å². The first-order chi connectivity index (χ1) is 11.3. The largest absolute Gasteiger partial charge is 0.497 e. The van der Waals surface area contributed by atoms with Gasteiger partial charge >= 0.3 is 11.9 Å². The second kappa shape index (κ2) is 6.53. The predicted molar refractivity (Wildman–Crippen MR) is 83.8 cm³/mol. The molecule has 2 rings (SSSR count). The summed E-state index contributed by atoms with van der Waals surface area (Å²) in [6.45, 7) is 1.06. The fourth-order valence-electron chi connectivity index (χ4n) is 2.38. The number of benzene rings is 1. The van der Waals surface area contributed by atoms with Gasteiger partial charge in [-0.3, -0.25) is 9.78 Å². The molecule has 1 amide bonds. The van der Waals surface area contributed by atoms with Crippen molar-refractivity contribution in [1.82, 2.24) is 10.3 Å². The summed E-state index contributed by atoms with van der Waals surface area (Å²) in [5.74, 6) is -3.48. The van der Waals surface area contributed by atoms with Gasteiger partial charge in [-0.2, -0.15) is 0 Å². The molecule has 126 valence electrons. The highest BCUT2D eigenvalue weighted by Crippen LogP contribution is 2.22. The van der Waals surface area contributed by atoms with Crippen molar-refractivity contribution in [3.63, 3.8) is 0 Å². The van der Waals surface area contributed by atoms with Crippen LogP contribution in [-0.2, 0) is 20.8 Å². The maximum atomic E-state index is 11.5. The zero-order valence-corrected chi connectivity index (χ0v) is 13.1. The van der Waals surface area contributed by atoms with E-state index in [9.17, 15) is 24.6 Å². The molecule has 0 spiro atoms. The number of hydrogen-bond donors (Lipinski definition) is 3. The number of nitrogens with one attached hydrogen (secondary N) is 1. The molecule has 0 aliphatic heterocycles. The van der Waals surface area contributed by atoms with E-state index in [1.165, 1.54) is 13.3 Å². The molecule has 8 heteroatoms. The number of amides is 1. The molecule has 0 atom stereocenters. The summed E-state index contributed by atoms with van der Waals surface area (Å²) < 4.78 is 5.12. The van der Waals surface area contributed by atoms with E-state index in [4.69, 9.17) is 4.74 Å². The second-order valence-electron chi connectivity index (χ2n) is 5.28. The molecule has 0 saturated heterocycles. The van der Waals surface area contributed by atoms with Crippen LogP contribution < -0.4 is 10.1 Å². The Bertz CT molecular complexity index is 803. The third-order valence-electron chi connectivity index (χ3n) is 3.53. The molecular formula is C16H16N2O6. The summed E-state index contributed by atoms with van der Waals surface area (Å²) in [6, 6.07) is 6.78. The second-order valence-corrected chi connectivity index (χ2v) is 5.28. The van der Waals surface area contributed by atoms with Gasteiger partial charge in [-0.25, -0.2) is 9.59 Å². The number of aromatic nitrogens is 1. The lowest BCUT2D eigenvalue weighted by Crippen LogP contribution is -2.61. The minimum atomic E-state index is -2.46. The van der Waals surface area contributed by atoms with Gasteiger partial charge in [-0.15, -0.1) is 0 Å². The Morgan fingerprint density at radius 2 is 1.88 bits per heavy atom. The number of rotatable bonds is 6. The van der Waals surface area contributed by atoms with Gasteiger partial charge in [-0.05, 0) is 29.8 Å². The average Bonchev–Trinajstić information content (AvgIpc) is 2.52. The van der Waals surface area contributed by atoms with Crippen molar-refractivity contribution in [3.8, 4) is 5.75 Å². The molecule has 1 heterocycles. The number of carbonyl (C=O) groups excluding carboxylic acids is 1. The number of aliphatic carboxylic acids is 2. The Labute approximate surface area is 137 Å². The van der Waals surface area contributed by atoms with Crippen molar-refractivity contribution >= 4 is 28.7 Å². The molecule has 0 saturated carbocycles. The molecule has 8 nitrogen and oxygen atoms in total. The lowest BCUT2D eigenvalue weighted by molar-refractivity contribution is -0.161. The van der Waals surface area contributed by atoms with Crippen LogP contribution in [0, 0.1) is 0 Å². The third kappa shape index (κ3) is 3.27. The quantitative estimate of drug-likeness (QED) is 0.669. The van der Waals surface area contributed by atoms with Crippen LogP contribution in [0.4, 0.5) is 0 Å². The van der Waals surface area contributed by atoms with E-state index in [-0.39, 0.29) is 0 Å². The van der Waals surface area contributed by atoms with E-state index in [2.05, 4.69) is 4.98 Å². The van der Waals surface area contributed by atoms with E-state index >= 15 is 0 Å². The van der Waals surface area contributed by atoms with Crippen LogP contribution >= 0.6 is 0 Å². The van der Waals surface area contributed by atoms with Crippen LogP contribution in [-0.4, -0.2) is 45.7 Å². The van der Waals surface area contributed by atoms with Crippen LogP contribution in [0.2, 0.25) is 0 Å². The van der Waals surface area contributed by atoms with Crippen molar-refractivity contribution in [1.29, 1.82) is 0 Å². The zero-order valence-electron chi connectivity index (χ0n) is 13.1. The van der Waals surface area contributed by atoms with Gasteiger partial charge in [0.05, 0.1) is 12.6 Å². The number of carbonyl (C=O) groups is 3. The number of nitrogens with zero attached hydrogens (tertiary/aromatic N) is 1. The van der Waals surface area contributed by atoms with E-state index in [1.807, 2.05) is 5.32 Å². The maximum absolute atomic E-state index is 11.5. The molecule has 0 aliphatic rings. The third-order valence-corrected chi connectivity index (χ3v) is 3.53. The molecule has 0 bridgehead atoms. The van der Waals surface area contributed by atoms with E-state index in [0.29, 0.717) is 22.2 Å². The highest BCUT2D eigenvalue weighted by Gasteiger charge is 2.47. The molecule has 0 radical (unpaired) electrons. The number of carboxylic acid groups (broad SMARTS) is 2. The van der Waals surface area contributed by atoms with Crippen molar-refractivity contribution in [2.75, 3.05) is 7.11 Å². The summed E-state index contributed by atoms with van der Waals surface area (Å²) >= 11 is 0. The predicted octanol–water partition coefficient (Wildman–Crippen LogP) is 0.830. The minimum absolute atomic E-state index is 0.356. The number of methoxy groups -OCH3 is 1. The summed E-state index contributed by atoms with van der Waals surface area (Å²) in [4.78, 5) is 38.5. The highest BCUT2D eigenvalue weighted by atomic mass is 16.5. The molecule has 24 heavy (non-hydrogen) atoms. The molecule has 3 N–H and O–H groups in total. The number of ether oxygens (including phenoxy) is 1. The Balaban J connectivity index is 2.48. The zero-order chi connectivity index (χ0) is 17.9. The Hall–Kier alpha value is -3.16. The number of pyridine rings is 1. The Morgan fingerprint density at radius 3 is 2.42 bits per heavy atom. The van der Waals surface area contributed by atoms with Crippen molar-refractivity contribution < 1.29 is 29.3 Å². The topological polar surface area (TPSA) is 126 Å². The minimum Gasteiger partial charge on any atom is -0.497 e. The van der Waals surface area contributed by atoms with Crippen molar-refractivity contribution in [2.24, 2.45) is 0 Å². The monoisotopic (exact) mass is 332 g/mol. The Morgan fingerprint density at radius 1 is 1.21 bits per heavy atom. The van der Waals surface area contributed by atoms with Gasteiger partial charge in [0.25, 0.3) is 0 Å². The van der Waals surface area contributed by atoms with Gasteiger partial charge in [-0.1, -0.05) is 0 Å². The molecule has 1 aromatic heterocycles. The normalized spacial score (nSPS) is 11.1. The first-order valence-corrected chi connectivity index (χ1v) is 6.96. The molecule has 1 aromatic carbocycles. The van der Waals surface area contributed by atoms with Gasteiger partial charge < -0.3 is 20.3 Å². The van der Waals surface area contributed by atoms with Gasteiger partial charge in [0.2, 0.25) is 11.4 Å². The number of carboxylic acids is 2. The summed E-state index contributed by atoms with van der Waals surface area (Å²) in [7, 11) is 1.51. The average molecular weight is 332 g/mol. The van der Waals surface area contributed by atoms with Crippen LogP contribution in [0.15, 0.2) is 30.5 Å².